The third kappa shape index (κ3) is 2.57. The number of rotatable bonds is 3. The number of nitrogens with one attached hydrogen (secondary N) is 2. The Labute approximate surface area is 129 Å². The molecule has 1 atom stereocenters. The van der Waals surface area contributed by atoms with E-state index in [-0.39, 0.29) is 0 Å². The third-order valence-electron chi connectivity index (χ3n) is 3.58. The van der Waals surface area contributed by atoms with E-state index in [9.17, 15) is 0 Å². The molecule has 1 heterocycles. The van der Waals surface area contributed by atoms with Crippen LogP contribution >= 0.6 is 12.2 Å². The van der Waals surface area contributed by atoms with Crippen molar-refractivity contribution in [2.24, 2.45) is 0 Å². The number of nitrogens with zero attached hydrogens (tertiary/aromatic N) is 1. The number of hydrazine groups is 1. The van der Waals surface area contributed by atoms with Crippen molar-refractivity contribution >= 4 is 23.0 Å². The fraction of sp³-hybridized carbons (Fsp3) is 0.188. The Hall–Kier alpha value is -2.11. The molecule has 2 N–H and O–H groups in total. The predicted octanol–water partition coefficient (Wildman–Crippen LogP) is 2.77. The average molecular weight is 299 g/mol. The number of ether oxygens (including phenoxy) is 1. The molecule has 1 aliphatic heterocycles. The zero-order chi connectivity index (χ0) is 14.9. The Morgan fingerprint density at radius 2 is 1.71 bits per heavy atom. The van der Waals surface area contributed by atoms with E-state index in [0.29, 0.717) is 5.11 Å². The van der Waals surface area contributed by atoms with Gasteiger partial charge in [0.25, 0.3) is 0 Å². The van der Waals surface area contributed by atoms with E-state index in [1.165, 1.54) is 0 Å². The summed E-state index contributed by atoms with van der Waals surface area (Å²) in [7, 11) is 1.66. The Morgan fingerprint density at radius 1 is 1.05 bits per heavy atom. The van der Waals surface area contributed by atoms with Crippen molar-refractivity contribution in [3.8, 4) is 5.75 Å². The molecule has 2 aromatic rings. The van der Waals surface area contributed by atoms with Crippen molar-refractivity contribution < 1.29 is 4.74 Å². The minimum Gasteiger partial charge on any atom is -0.497 e. The van der Waals surface area contributed by atoms with Crippen molar-refractivity contribution in [1.29, 1.82) is 0 Å². The average Bonchev–Trinajstić information content (AvgIpc) is 2.84. The lowest BCUT2D eigenvalue weighted by molar-refractivity contribution is 0.386. The second kappa shape index (κ2) is 5.35. The highest BCUT2D eigenvalue weighted by molar-refractivity contribution is 7.80. The standard InChI is InChI=1S/C16H17N3OS/c1-16(12-8-10-14(20-2)11-9-12)17-15(21)19(18-16)13-6-4-3-5-7-13/h3-11,18H,1-2H3,(H,17,21)/t16-/m0/s1. The maximum Gasteiger partial charge on any atom is 0.190 e. The summed E-state index contributed by atoms with van der Waals surface area (Å²) in [6.45, 7) is 2.06. The molecule has 108 valence electrons. The van der Waals surface area contributed by atoms with Crippen LogP contribution in [0.15, 0.2) is 54.6 Å². The van der Waals surface area contributed by atoms with Crippen LogP contribution in [-0.4, -0.2) is 12.2 Å². The van der Waals surface area contributed by atoms with Gasteiger partial charge in [-0.15, -0.1) is 0 Å². The Morgan fingerprint density at radius 3 is 2.33 bits per heavy atom. The molecule has 0 radical (unpaired) electrons. The zero-order valence-corrected chi connectivity index (χ0v) is 12.8. The quantitative estimate of drug-likeness (QED) is 0.852. The molecule has 0 bridgehead atoms. The van der Waals surface area contributed by atoms with E-state index in [4.69, 9.17) is 17.0 Å². The molecule has 0 unspecified atom stereocenters. The maximum absolute atomic E-state index is 5.45. The van der Waals surface area contributed by atoms with E-state index in [0.717, 1.165) is 17.0 Å². The second-order valence-corrected chi connectivity index (χ2v) is 5.45. The zero-order valence-electron chi connectivity index (χ0n) is 12.0. The van der Waals surface area contributed by atoms with Gasteiger partial charge in [0.1, 0.15) is 11.4 Å². The van der Waals surface area contributed by atoms with Crippen molar-refractivity contribution in [3.63, 3.8) is 0 Å². The molecule has 4 nitrogen and oxygen atoms in total. The van der Waals surface area contributed by atoms with Gasteiger partial charge in [0.05, 0.1) is 12.8 Å². The fourth-order valence-electron chi connectivity index (χ4n) is 2.39. The minimum absolute atomic E-state index is 0.445. The molecular formula is C16H17N3OS. The summed E-state index contributed by atoms with van der Waals surface area (Å²) >= 11 is 5.45. The van der Waals surface area contributed by atoms with Crippen molar-refractivity contribution in [1.82, 2.24) is 10.7 Å². The summed E-state index contributed by atoms with van der Waals surface area (Å²) in [5.74, 6) is 0.836. The molecule has 21 heavy (non-hydrogen) atoms. The first kappa shape index (κ1) is 13.9. The van der Waals surface area contributed by atoms with Crippen LogP contribution in [0.5, 0.6) is 5.75 Å². The molecule has 1 aliphatic rings. The Balaban J connectivity index is 1.88. The van der Waals surface area contributed by atoms with E-state index < -0.39 is 5.66 Å². The highest BCUT2D eigenvalue weighted by Crippen LogP contribution is 2.27. The van der Waals surface area contributed by atoms with Crippen molar-refractivity contribution in [2.75, 3.05) is 12.1 Å². The van der Waals surface area contributed by atoms with E-state index in [1.807, 2.05) is 59.6 Å². The van der Waals surface area contributed by atoms with Crippen molar-refractivity contribution in [3.05, 3.63) is 60.2 Å². The van der Waals surface area contributed by atoms with Crippen LogP contribution in [0.3, 0.4) is 0 Å². The summed E-state index contributed by atoms with van der Waals surface area (Å²) in [4.78, 5) is 0. The van der Waals surface area contributed by atoms with Gasteiger partial charge < -0.3 is 10.1 Å². The lowest BCUT2D eigenvalue weighted by Crippen LogP contribution is -2.45. The summed E-state index contributed by atoms with van der Waals surface area (Å²) in [5.41, 5.74) is 5.08. The van der Waals surface area contributed by atoms with Gasteiger partial charge in [-0.2, -0.15) is 5.43 Å². The minimum atomic E-state index is -0.445. The van der Waals surface area contributed by atoms with E-state index in [1.54, 1.807) is 7.11 Å². The summed E-state index contributed by atoms with van der Waals surface area (Å²) in [6.07, 6.45) is 0. The molecule has 0 amide bonds. The van der Waals surface area contributed by atoms with Crippen LogP contribution in [0.1, 0.15) is 12.5 Å². The number of hydrogen-bond donors (Lipinski definition) is 2. The monoisotopic (exact) mass is 299 g/mol. The highest BCUT2D eigenvalue weighted by atomic mass is 32.1. The van der Waals surface area contributed by atoms with Crippen LogP contribution in [0.2, 0.25) is 0 Å². The van der Waals surface area contributed by atoms with Crippen LogP contribution in [0.25, 0.3) is 0 Å². The summed E-state index contributed by atoms with van der Waals surface area (Å²) < 4.78 is 5.20. The van der Waals surface area contributed by atoms with Crippen LogP contribution < -0.4 is 20.5 Å². The van der Waals surface area contributed by atoms with E-state index in [2.05, 4.69) is 17.7 Å². The van der Waals surface area contributed by atoms with Gasteiger partial charge in [0, 0.05) is 0 Å². The summed E-state index contributed by atoms with van der Waals surface area (Å²) in [6, 6.07) is 17.9. The fourth-order valence-corrected chi connectivity index (χ4v) is 2.75. The molecule has 0 saturated carbocycles. The van der Waals surface area contributed by atoms with Gasteiger partial charge in [-0.05, 0) is 49.0 Å². The lowest BCUT2D eigenvalue weighted by atomic mass is 10.0. The van der Waals surface area contributed by atoms with Gasteiger partial charge in [0.15, 0.2) is 5.11 Å². The first-order chi connectivity index (χ1) is 10.1. The Kier molecular flexibility index (Phi) is 3.53. The SMILES string of the molecule is COc1ccc([C@@]2(C)NC(=S)N(c3ccccc3)N2)cc1. The molecule has 1 fully saturated rings. The largest absolute Gasteiger partial charge is 0.497 e. The van der Waals surface area contributed by atoms with Gasteiger partial charge in [-0.25, -0.2) is 5.01 Å². The number of benzene rings is 2. The smallest absolute Gasteiger partial charge is 0.190 e. The highest BCUT2D eigenvalue weighted by Gasteiger charge is 2.37. The molecule has 2 aromatic carbocycles. The number of thiocarbonyl (C=S) groups is 1. The van der Waals surface area contributed by atoms with Gasteiger partial charge in [0.2, 0.25) is 0 Å². The first-order valence-electron chi connectivity index (χ1n) is 6.72. The lowest BCUT2D eigenvalue weighted by Gasteiger charge is -2.26. The first-order valence-corrected chi connectivity index (χ1v) is 7.13. The molecule has 1 saturated heterocycles. The molecule has 0 aliphatic carbocycles. The Bertz CT molecular complexity index is 644. The van der Waals surface area contributed by atoms with Gasteiger partial charge in [-0.1, -0.05) is 30.3 Å². The molecule has 0 aromatic heterocycles. The summed E-state index contributed by atoms with van der Waals surface area (Å²) in [5, 5.41) is 5.88. The second-order valence-electron chi connectivity index (χ2n) is 5.07. The van der Waals surface area contributed by atoms with Gasteiger partial charge >= 0.3 is 0 Å². The number of hydrogen-bond acceptors (Lipinski definition) is 3. The molecule has 0 spiro atoms. The van der Waals surface area contributed by atoms with Crippen LogP contribution in [-0.2, 0) is 5.66 Å². The molecule has 5 heteroatoms. The van der Waals surface area contributed by atoms with Crippen LogP contribution in [0.4, 0.5) is 5.69 Å². The van der Waals surface area contributed by atoms with Crippen LogP contribution in [0, 0.1) is 0 Å². The number of methoxy groups -OCH3 is 1. The predicted molar refractivity (Wildman–Crippen MR) is 88.1 cm³/mol. The normalized spacial score (nSPS) is 21.2. The number of anilines is 1. The van der Waals surface area contributed by atoms with Gasteiger partial charge in [-0.3, -0.25) is 0 Å². The number of para-hydroxylation sites is 1. The third-order valence-corrected chi connectivity index (χ3v) is 3.86. The maximum atomic E-state index is 5.45. The topological polar surface area (TPSA) is 36.5 Å². The van der Waals surface area contributed by atoms with Crippen molar-refractivity contribution in [2.45, 2.75) is 12.6 Å². The molecule has 3 rings (SSSR count). The van der Waals surface area contributed by atoms with E-state index >= 15 is 0 Å². The molecular weight excluding hydrogens is 282 g/mol.